The van der Waals surface area contributed by atoms with Crippen molar-refractivity contribution in [2.75, 3.05) is 26.8 Å². The van der Waals surface area contributed by atoms with Crippen LogP contribution in [0, 0.1) is 11.3 Å². The summed E-state index contributed by atoms with van der Waals surface area (Å²) in [6.07, 6.45) is -1.23. The van der Waals surface area contributed by atoms with E-state index in [0.717, 1.165) is 18.7 Å². The largest absolute Gasteiger partial charge is 0.417 e. The molecule has 1 amide bonds. The quantitative estimate of drug-likeness (QED) is 0.710. The number of carbonyl (C=O) groups is 1. The van der Waals surface area contributed by atoms with E-state index in [4.69, 9.17) is 13.6 Å². The second kappa shape index (κ2) is 9.50. The third kappa shape index (κ3) is 4.91. The topological polar surface area (TPSA) is 63.7 Å². The maximum absolute atomic E-state index is 13.9. The molecule has 9 heteroatoms. The van der Waals surface area contributed by atoms with Crippen LogP contribution in [0.1, 0.15) is 60.5 Å². The van der Waals surface area contributed by atoms with E-state index in [9.17, 15) is 18.0 Å². The Kier molecular flexibility index (Phi) is 5.95. The zero-order chi connectivity index (χ0) is 26.3. The molecule has 0 radical (unpaired) electrons. The molecular weight excluding hydrogens is 435 g/mol. The van der Waals surface area contributed by atoms with Crippen molar-refractivity contribution in [3.63, 3.8) is 0 Å². The molecule has 33 heavy (non-hydrogen) atoms. The number of fused-ring (bicyclic) bond motifs is 1. The maximum atomic E-state index is 13.9. The van der Waals surface area contributed by atoms with Gasteiger partial charge >= 0.3 is 6.18 Å². The van der Waals surface area contributed by atoms with E-state index < -0.39 is 30.3 Å². The summed E-state index contributed by atoms with van der Waals surface area (Å²) in [4.78, 5) is 19.6. The van der Waals surface area contributed by atoms with Crippen LogP contribution >= 0.6 is 0 Å². The first kappa shape index (κ1) is 20.6. The minimum Gasteiger partial charge on any atom is -0.379 e. The molecule has 184 valence electrons. The van der Waals surface area contributed by atoms with Gasteiger partial charge in [-0.3, -0.25) is 9.78 Å². The molecule has 2 fully saturated rings. The summed E-state index contributed by atoms with van der Waals surface area (Å²) in [5.74, 6) is -0.00549. The third-order valence-corrected chi connectivity index (χ3v) is 7.64. The Bertz CT molecular complexity index is 960. The van der Waals surface area contributed by atoms with Crippen LogP contribution < -0.4 is 5.32 Å². The molecule has 4 rings (SSSR count). The van der Waals surface area contributed by atoms with Crippen LogP contribution in [0.3, 0.4) is 0 Å². The molecular formula is C24H34F3N3O3. The average Bonchev–Trinajstić information content (AvgIpc) is 3.23. The van der Waals surface area contributed by atoms with Gasteiger partial charge in [-0.25, -0.2) is 0 Å². The Morgan fingerprint density at radius 2 is 2.24 bits per heavy atom. The number of aromatic nitrogens is 1. The molecule has 1 saturated heterocycles. The highest BCUT2D eigenvalue weighted by Gasteiger charge is 2.50. The van der Waals surface area contributed by atoms with Crippen molar-refractivity contribution in [1.82, 2.24) is 15.2 Å². The van der Waals surface area contributed by atoms with E-state index in [1.165, 1.54) is 0 Å². The normalized spacial score (nSPS) is 32.2. The molecule has 1 unspecified atom stereocenters. The van der Waals surface area contributed by atoms with Crippen molar-refractivity contribution in [2.45, 2.75) is 76.9 Å². The zero-order valence-electron chi connectivity index (χ0n) is 22.1. The first-order valence-electron chi connectivity index (χ1n) is 13.1. The number of pyridine rings is 1. The highest BCUT2D eigenvalue weighted by molar-refractivity contribution is 5.83. The number of rotatable bonds is 5. The Labute approximate surface area is 197 Å². The smallest absolute Gasteiger partial charge is 0.379 e. The number of methoxy groups -OCH3 is 1. The van der Waals surface area contributed by atoms with Crippen molar-refractivity contribution < 1.29 is 31.6 Å². The molecule has 0 spiro atoms. The van der Waals surface area contributed by atoms with Crippen molar-refractivity contribution in [3.8, 4) is 0 Å². The Balaban J connectivity index is 1.46. The van der Waals surface area contributed by atoms with Crippen LogP contribution in [0.2, 0.25) is 0 Å². The van der Waals surface area contributed by atoms with Gasteiger partial charge in [-0.15, -0.1) is 0 Å². The van der Waals surface area contributed by atoms with Crippen LogP contribution in [-0.4, -0.2) is 60.8 Å². The lowest BCUT2D eigenvalue weighted by Gasteiger charge is -2.40. The molecule has 2 aliphatic heterocycles. The standard InChI is InChI=1S/C24H34F3N3O3/c1-15(2)23(7-4-18(11-23)29-20-6-9-33-14-21(20)32-3)22(31)30-8-5-19-16(13-30)10-17(12-28-19)24(25,26)27/h10,12,15,18,20-21,29H,4-9,11,13-14H2,1-3H3/t18?,20-,21+,23-/m0/s1/i3D3. The van der Waals surface area contributed by atoms with Gasteiger partial charge in [0.2, 0.25) is 5.91 Å². The molecule has 0 aromatic carbocycles. The fraction of sp³-hybridized carbons (Fsp3) is 0.750. The predicted octanol–water partition coefficient (Wildman–Crippen LogP) is 3.57. The highest BCUT2D eigenvalue weighted by atomic mass is 19.4. The van der Waals surface area contributed by atoms with E-state index >= 15 is 0 Å². The van der Waals surface area contributed by atoms with E-state index in [1.807, 2.05) is 13.8 Å². The predicted molar refractivity (Wildman–Crippen MR) is 116 cm³/mol. The van der Waals surface area contributed by atoms with Gasteiger partial charge in [0, 0.05) is 57.1 Å². The summed E-state index contributed by atoms with van der Waals surface area (Å²) in [7, 11) is -2.52. The average molecular weight is 473 g/mol. The second-order valence-electron chi connectivity index (χ2n) is 9.85. The summed E-state index contributed by atoms with van der Waals surface area (Å²) in [5.41, 5.74) is -0.390. The van der Waals surface area contributed by atoms with Crippen molar-refractivity contribution in [2.24, 2.45) is 11.3 Å². The lowest BCUT2D eigenvalue weighted by molar-refractivity contribution is -0.146. The van der Waals surface area contributed by atoms with Crippen LogP contribution in [0.25, 0.3) is 0 Å². The third-order valence-electron chi connectivity index (χ3n) is 7.64. The number of amides is 1. The van der Waals surface area contributed by atoms with E-state index in [1.54, 1.807) is 4.90 Å². The SMILES string of the molecule is [2H]C([2H])([2H])O[C@@H]1COCC[C@@H]1NC1CC[C@@](C(=O)N2CCc3ncc(C(F)(F)F)cc3C2)(C(C)C)C1. The minimum absolute atomic E-state index is 0.00211. The van der Waals surface area contributed by atoms with Gasteiger partial charge in [0.15, 0.2) is 0 Å². The molecule has 1 aromatic rings. The molecule has 4 atom stereocenters. The Hall–Kier alpha value is -1.71. The van der Waals surface area contributed by atoms with Gasteiger partial charge in [0.1, 0.15) is 0 Å². The fourth-order valence-electron chi connectivity index (χ4n) is 5.57. The molecule has 0 bridgehead atoms. The second-order valence-corrected chi connectivity index (χ2v) is 9.85. The number of hydrogen-bond donors (Lipinski definition) is 1. The van der Waals surface area contributed by atoms with Crippen molar-refractivity contribution in [1.29, 1.82) is 0 Å². The van der Waals surface area contributed by atoms with Crippen LogP contribution in [-0.2, 0) is 33.4 Å². The number of ether oxygens (including phenoxy) is 2. The molecule has 1 aromatic heterocycles. The summed E-state index contributed by atoms with van der Waals surface area (Å²) < 4.78 is 72.6. The number of halogens is 3. The molecule has 6 nitrogen and oxygen atoms in total. The molecule has 3 aliphatic rings. The lowest BCUT2D eigenvalue weighted by atomic mass is 9.74. The van der Waals surface area contributed by atoms with E-state index in [0.29, 0.717) is 50.1 Å². The number of nitrogens with zero attached hydrogens (tertiary/aromatic N) is 2. The first-order valence-corrected chi connectivity index (χ1v) is 11.6. The summed E-state index contributed by atoms with van der Waals surface area (Å²) in [5, 5.41) is 3.54. The number of nitrogens with one attached hydrogen (secondary N) is 1. The van der Waals surface area contributed by atoms with Gasteiger partial charge in [0.25, 0.3) is 0 Å². The zero-order valence-corrected chi connectivity index (χ0v) is 19.1. The van der Waals surface area contributed by atoms with Crippen LogP contribution in [0.4, 0.5) is 13.2 Å². The monoisotopic (exact) mass is 472 g/mol. The van der Waals surface area contributed by atoms with Gasteiger partial charge in [-0.2, -0.15) is 13.2 Å². The minimum atomic E-state index is -4.48. The molecule has 1 aliphatic carbocycles. The van der Waals surface area contributed by atoms with E-state index in [2.05, 4.69) is 10.3 Å². The van der Waals surface area contributed by atoms with Crippen LogP contribution in [0.15, 0.2) is 12.3 Å². The van der Waals surface area contributed by atoms with Crippen LogP contribution in [0.5, 0.6) is 0 Å². The Morgan fingerprint density at radius 3 is 2.97 bits per heavy atom. The Morgan fingerprint density at radius 1 is 1.42 bits per heavy atom. The molecule has 3 heterocycles. The van der Waals surface area contributed by atoms with Crippen molar-refractivity contribution >= 4 is 5.91 Å². The summed E-state index contributed by atoms with van der Waals surface area (Å²) in [6.45, 7) is 5.25. The molecule has 1 saturated carbocycles. The van der Waals surface area contributed by atoms with Crippen molar-refractivity contribution in [3.05, 3.63) is 29.1 Å². The maximum Gasteiger partial charge on any atom is 0.417 e. The number of carbonyl (C=O) groups excluding carboxylic acids is 1. The number of alkyl halides is 3. The molecule has 1 N–H and O–H groups in total. The number of hydrogen-bond acceptors (Lipinski definition) is 5. The van der Waals surface area contributed by atoms with Gasteiger partial charge in [-0.1, -0.05) is 13.8 Å². The fourth-order valence-corrected chi connectivity index (χ4v) is 5.57. The highest BCUT2D eigenvalue weighted by Crippen LogP contribution is 2.47. The first-order chi connectivity index (χ1) is 16.8. The lowest BCUT2D eigenvalue weighted by Crippen LogP contribution is -2.52. The van der Waals surface area contributed by atoms with Gasteiger partial charge in [-0.05, 0) is 43.2 Å². The van der Waals surface area contributed by atoms with Gasteiger partial charge in [0.05, 0.1) is 27.8 Å². The summed E-state index contributed by atoms with van der Waals surface area (Å²) >= 11 is 0. The van der Waals surface area contributed by atoms with E-state index in [-0.39, 0.29) is 37.1 Å². The summed E-state index contributed by atoms with van der Waals surface area (Å²) in [6, 6.07) is 0.910. The van der Waals surface area contributed by atoms with Gasteiger partial charge < -0.3 is 19.7 Å².